The van der Waals surface area contributed by atoms with Crippen molar-refractivity contribution in [3.8, 4) is 17.2 Å². The van der Waals surface area contributed by atoms with Crippen LogP contribution in [0.25, 0.3) is 0 Å². The fourth-order valence-electron chi connectivity index (χ4n) is 3.62. The lowest BCUT2D eigenvalue weighted by molar-refractivity contribution is 0.322. The van der Waals surface area contributed by atoms with Gasteiger partial charge in [0.1, 0.15) is 0 Å². The van der Waals surface area contributed by atoms with E-state index in [1.165, 1.54) is 0 Å². The van der Waals surface area contributed by atoms with Crippen molar-refractivity contribution in [3.63, 3.8) is 0 Å². The minimum Gasteiger partial charge on any atom is -0.493 e. The predicted octanol–water partition coefficient (Wildman–Crippen LogP) is 2.46. The molecule has 0 amide bonds. The van der Waals surface area contributed by atoms with E-state index in [4.69, 9.17) is 14.2 Å². The molecule has 1 aromatic carbocycles. The molecule has 158 valence electrons. The number of benzene rings is 1. The molecule has 0 saturated heterocycles. The maximum atomic E-state index is 12.2. The van der Waals surface area contributed by atoms with E-state index in [9.17, 15) is 4.21 Å². The normalized spacial score (nSPS) is 21.0. The van der Waals surface area contributed by atoms with E-state index < -0.39 is 10.8 Å². The molecule has 0 spiro atoms. The molecule has 3 unspecified atom stereocenters. The number of rotatable bonds is 8. The third-order valence-electron chi connectivity index (χ3n) is 5.08. The second kappa shape index (κ2) is 11.1. The summed E-state index contributed by atoms with van der Waals surface area (Å²) in [5.41, 5.74) is 0.941. The molecule has 28 heavy (non-hydrogen) atoms. The summed E-state index contributed by atoms with van der Waals surface area (Å²) in [7, 11) is 5.83. The summed E-state index contributed by atoms with van der Waals surface area (Å²) in [4.78, 5) is 4.34. The Hall–Kier alpha value is -1.96. The molecule has 0 aliphatic heterocycles. The minimum atomic E-state index is -0.738. The summed E-state index contributed by atoms with van der Waals surface area (Å²) in [6.07, 6.45) is 4.13. The van der Waals surface area contributed by atoms with Gasteiger partial charge in [0.05, 0.1) is 21.3 Å². The quantitative estimate of drug-likeness (QED) is 0.505. The van der Waals surface area contributed by atoms with Crippen LogP contribution in [0.2, 0.25) is 0 Å². The Morgan fingerprint density at radius 2 is 1.93 bits per heavy atom. The lowest BCUT2D eigenvalue weighted by Crippen LogP contribution is -2.46. The van der Waals surface area contributed by atoms with E-state index in [-0.39, 0.29) is 11.3 Å². The molecule has 0 bridgehead atoms. The first-order valence-electron chi connectivity index (χ1n) is 9.70. The zero-order valence-electron chi connectivity index (χ0n) is 17.5. The molecule has 0 heterocycles. The van der Waals surface area contributed by atoms with Crippen LogP contribution in [0.15, 0.2) is 17.1 Å². The highest BCUT2D eigenvalue weighted by atomic mass is 32.2. The summed E-state index contributed by atoms with van der Waals surface area (Å²) in [6.45, 7) is 2.52. The summed E-state index contributed by atoms with van der Waals surface area (Å²) in [6, 6.07) is 4.09. The Morgan fingerprint density at radius 3 is 2.54 bits per heavy atom. The van der Waals surface area contributed by atoms with Crippen LogP contribution in [0, 0.1) is 0 Å². The summed E-state index contributed by atoms with van der Waals surface area (Å²) in [5.74, 6) is 3.29. The van der Waals surface area contributed by atoms with Gasteiger partial charge in [-0.2, -0.15) is 0 Å². The number of guanidine groups is 1. The van der Waals surface area contributed by atoms with Gasteiger partial charge in [-0.25, -0.2) is 0 Å². The van der Waals surface area contributed by atoms with E-state index in [1.54, 1.807) is 28.4 Å². The molecule has 1 aromatic rings. The van der Waals surface area contributed by atoms with Crippen molar-refractivity contribution in [2.24, 2.45) is 4.99 Å². The highest BCUT2D eigenvalue weighted by Crippen LogP contribution is 2.39. The Balaban J connectivity index is 2.02. The van der Waals surface area contributed by atoms with Gasteiger partial charge in [-0.05, 0) is 31.4 Å². The van der Waals surface area contributed by atoms with Crippen molar-refractivity contribution in [1.82, 2.24) is 10.6 Å². The Kier molecular flexibility index (Phi) is 8.89. The second-order valence-electron chi connectivity index (χ2n) is 6.72. The van der Waals surface area contributed by atoms with Gasteiger partial charge in [-0.3, -0.25) is 9.20 Å². The molecule has 2 rings (SSSR count). The van der Waals surface area contributed by atoms with Gasteiger partial charge in [0.2, 0.25) is 5.75 Å². The summed E-state index contributed by atoms with van der Waals surface area (Å²) < 4.78 is 28.5. The van der Waals surface area contributed by atoms with Crippen molar-refractivity contribution < 1.29 is 18.4 Å². The number of nitrogens with one attached hydrogen (secondary N) is 2. The smallest absolute Gasteiger partial charge is 0.203 e. The van der Waals surface area contributed by atoms with E-state index in [2.05, 4.69) is 15.6 Å². The number of nitrogens with zero attached hydrogens (tertiary/aromatic N) is 1. The molecule has 1 aliphatic rings. The Labute approximate surface area is 170 Å². The van der Waals surface area contributed by atoms with E-state index in [0.717, 1.165) is 43.0 Å². The highest BCUT2D eigenvalue weighted by Gasteiger charge is 2.26. The maximum absolute atomic E-state index is 12.2. The number of ether oxygens (including phenoxy) is 3. The molecule has 8 heteroatoms. The van der Waals surface area contributed by atoms with Crippen LogP contribution in [-0.4, -0.2) is 55.6 Å². The first kappa shape index (κ1) is 22.3. The summed E-state index contributed by atoms with van der Waals surface area (Å²) in [5, 5.41) is 7.10. The monoisotopic (exact) mass is 411 g/mol. The topological polar surface area (TPSA) is 81.2 Å². The van der Waals surface area contributed by atoms with Crippen molar-refractivity contribution in [2.45, 2.75) is 50.4 Å². The van der Waals surface area contributed by atoms with Gasteiger partial charge >= 0.3 is 0 Å². The molecular formula is C20H33N3O4S. The SMILES string of the molecule is CCS(=O)C1CCCC(NC(=NC)NCc2ccc(OC)c(OC)c2OC)C1. The number of hydrogen-bond acceptors (Lipinski definition) is 5. The van der Waals surface area contributed by atoms with Crippen LogP contribution in [-0.2, 0) is 17.3 Å². The van der Waals surface area contributed by atoms with Gasteiger partial charge < -0.3 is 24.8 Å². The highest BCUT2D eigenvalue weighted by molar-refractivity contribution is 7.85. The average molecular weight is 412 g/mol. The molecular weight excluding hydrogens is 378 g/mol. The van der Waals surface area contributed by atoms with Gasteiger partial charge in [0, 0.05) is 47.0 Å². The number of hydrogen-bond donors (Lipinski definition) is 2. The fraction of sp³-hybridized carbons (Fsp3) is 0.650. The zero-order chi connectivity index (χ0) is 20.5. The molecule has 2 N–H and O–H groups in total. The standard InChI is InChI=1S/C20H33N3O4S/c1-6-28(24)16-9-7-8-15(12-16)23-20(21-2)22-13-14-10-11-17(25-3)19(27-5)18(14)26-4/h10-11,15-16H,6-9,12-13H2,1-5H3,(H2,21,22,23). The van der Waals surface area contributed by atoms with E-state index >= 15 is 0 Å². The number of aliphatic imine (C=N–C) groups is 1. The van der Waals surface area contributed by atoms with Crippen molar-refractivity contribution in [2.75, 3.05) is 34.1 Å². The lowest BCUT2D eigenvalue weighted by atomic mass is 9.95. The molecule has 1 fully saturated rings. The largest absolute Gasteiger partial charge is 0.493 e. The van der Waals surface area contributed by atoms with Crippen molar-refractivity contribution >= 4 is 16.8 Å². The first-order valence-corrected chi connectivity index (χ1v) is 11.1. The molecule has 0 radical (unpaired) electrons. The molecule has 1 saturated carbocycles. The number of methoxy groups -OCH3 is 3. The van der Waals surface area contributed by atoms with Crippen LogP contribution < -0.4 is 24.8 Å². The molecule has 3 atom stereocenters. The van der Waals surface area contributed by atoms with Crippen LogP contribution in [0.4, 0.5) is 0 Å². The van der Waals surface area contributed by atoms with Crippen LogP contribution in [0.3, 0.4) is 0 Å². The van der Waals surface area contributed by atoms with Crippen molar-refractivity contribution in [1.29, 1.82) is 0 Å². The average Bonchev–Trinajstić information content (AvgIpc) is 2.75. The van der Waals surface area contributed by atoms with Gasteiger partial charge in [0.25, 0.3) is 0 Å². The Bertz CT molecular complexity index is 696. The lowest BCUT2D eigenvalue weighted by Gasteiger charge is -2.30. The van der Waals surface area contributed by atoms with Crippen LogP contribution in [0.5, 0.6) is 17.2 Å². The molecule has 7 nitrogen and oxygen atoms in total. The third-order valence-corrected chi connectivity index (χ3v) is 6.82. The maximum Gasteiger partial charge on any atom is 0.203 e. The van der Waals surface area contributed by atoms with Gasteiger partial charge in [-0.15, -0.1) is 0 Å². The summed E-state index contributed by atoms with van der Waals surface area (Å²) >= 11 is 0. The molecule has 1 aliphatic carbocycles. The third kappa shape index (κ3) is 5.53. The van der Waals surface area contributed by atoms with Gasteiger partial charge in [-0.1, -0.05) is 13.3 Å². The van der Waals surface area contributed by atoms with E-state index in [0.29, 0.717) is 23.8 Å². The van der Waals surface area contributed by atoms with Crippen LogP contribution >= 0.6 is 0 Å². The second-order valence-corrected chi connectivity index (χ2v) is 8.72. The zero-order valence-corrected chi connectivity index (χ0v) is 18.4. The Morgan fingerprint density at radius 1 is 1.18 bits per heavy atom. The van der Waals surface area contributed by atoms with Gasteiger partial charge in [0.15, 0.2) is 17.5 Å². The van der Waals surface area contributed by atoms with Crippen LogP contribution in [0.1, 0.15) is 38.2 Å². The van der Waals surface area contributed by atoms with E-state index in [1.807, 2.05) is 19.1 Å². The first-order chi connectivity index (χ1) is 13.6. The van der Waals surface area contributed by atoms with Crippen molar-refractivity contribution in [3.05, 3.63) is 17.7 Å². The predicted molar refractivity (Wildman–Crippen MR) is 114 cm³/mol. The minimum absolute atomic E-state index is 0.278. The fourth-order valence-corrected chi connectivity index (χ4v) is 4.97. The molecule has 0 aromatic heterocycles.